The van der Waals surface area contributed by atoms with Crippen LogP contribution in [0.4, 0.5) is 0 Å². The molecule has 1 atom stereocenters. The highest BCUT2D eigenvalue weighted by atomic mass is 16.2. The quantitative estimate of drug-likeness (QED) is 0.784. The van der Waals surface area contributed by atoms with Gasteiger partial charge < -0.3 is 5.32 Å². The minimum Gasteiger partial charge on any atom is -0.350 e. The fourth-order valence-electron chi connectivity index (χ4n) is 3.39. The normalized spacial score (nSPS) is 14.2. The van der Waals surface area contributed by atoms with E-state index in [0.29, 0.717) is 17.4 Å². The fraction of sp³-hybridized carbons (Fsp3) is 0.300. The first-order valence-electron chi connectivity index (χ1n) is 8.84. The highest BCUT2D eigenvalue weighted by Gasteiger charge is 2.18. The summed E-state index contributed by atoms with van der Waals surface area (Å²) in [5.74, 6) is -0.218. The van der Waals surface area contributed by atoms with Gasteiger partial charge in [-0.3, -0.25) is 19.1 Å². The SMILES string of the molecule is C[C@@H](C(=O)NCc1cnc2c(c1)CCC2)n1cnc2ccccc2c1=O. The molecule has 1 aromatic carbocycles. The van der Waals surface area contributed by atoms with Crippen LogP contribution in [0.3, 0.4) is 0 Å². The summed E-state index contributed by atoms with van der Waals surface area (Å²) in [6, 6.07) is 8.61. The van der Waals surface area contributed by atoms with Crippen LogP contribution >= 0.6 is 0 Å². The Labute approximate surface area is 150 Å². The number of para-hydroxylation sites is 1. The van der Waals surface area contributed by atoms with Gasteiger partial charge in [-0.15, -0.1) is 0 Å². The topological polar surface area (TPSA) is 76.9 Å². The van der Waals surface area contributed by atoms with Crippen molar-refractivity contribution in [2.75, 3.05) is 0 Å². The number of hydrogen-bond acceptors (Lipinski definition) is 4. The van der Waals surface area contributed by atoms with Crippen molar-refractivity contribution in [3.8, 4) is 0 Å². The first kappa shape index (κ1) is 16.4. The van der Waals surface area contributed by atoms with E-state index in [9.17, 15) is 9.59 Å². The average Bonchev–Trinajstić information content (AvgIpc) is 3.14. The lowest BCUT2D eigenvalue weighted by Gasteiger charge is -2.15. The van der Waals surface area contributed by atoms with Crippen molar-refractivity contribution >= 4 is 16.8 Å². The van der Waals surface area contributed by atoms with E-state index in [1.54, 1.807) is 25.1 Å². The molecule has 0 radical (unpaired) electrons. The van der Waals surface area contributed by atoms with Gasteiger partial charge in [-0.05, 0) is 49.4 Å². The molecule has 0 aliphatic heterocycles. The Morgan fingerprint density at radius 3 is 3.00 bits per heavy atom. The minimum absolute atomic E-state index is 0.211. The van der Waals surface area contributed by atoms with Gasteiger partial charge >= 0.3 is 0 Å². The second kappa shape index (κ2) is 6.71. The van der Waals surface area contributed by atoms with Crippen molar-refractivity contribution in [2.45, 2.75) is 38.8 Å². The van der Waals surface area contributed by atoms with Gasteiger partial charge in [-0.2, -0.15) is 0 Å². The summed E-state index contributed by atoms with van der Waals surface area (Å²) in [6.45, 7) is 2.10. The maximum Gasteiger partial charge on any atom is 0.261 e. The van der Waals surface area contributed by atoms with Crippen molar-refractivity contribution in [3.05, 3.63) is 70.0 Å². The molecule has 26 heavy (non-hydrogen) atoms. The monoisotopic (exact) mass is 348 g/mol. The summed E-state index contributed by atoms with van der Waals surface area (Å²) in [7, 11) is 0. The molecule has 6 nitrogen and oxygen atoms in total. The molecule has 1 N–H and O–H groups in total. The summed E-state index contributed by atoms with van der Waals surface area (Å²) >= 11 is 0. The third-order valence-electron chi connectivity index (χ3n) is 4.93. The molecule has 1 aliphatic rings. The zero-order valence-electron chi connectivity index (χ0n) is 14.6. The van der Waals surface area contributed by atoms with Crippen molar-refractivity contribution in [1.29, 1.82) is 0 Å². The Kier molecular flexibility index (Phi) is 4.24. The van der Waals surface area contributed by atoms with E-state index in [4.69, 9.17) is 0 Å². The van der Waals surface area contributed by atoms with Crippen LogP contribution in [-0.2, 0) is 24.2 Å². The predicted molar refractivity (Wildman–Crippen MR) is 98.8 cm³/mol. The van der Waals surface area contributed by atoms with Crippen LogP contribution in [0.1, 0.15) is 36.2 Å². The maximum absolute atomic E-state index is 12.6. The molecule has 6 heteroatoms. The molecule has 0 unspecified atom stereocenters. The van der Waals surface area contributed by atoms with Crippen molar-refractivity contribution in [3.63, 3.8) is 0 Å². The first-order chi connectivity index (χ1) is 12.6. The van der Waals surface area contributed by atoms with Gasteiger partial charge in [-0.25, -0.2) is 4.98 Å². The molecule has 2 heterocycles. The summed E-state index contributed by atoms with van der Waals surface area (Å²) in [6.07, 6.45) is 6.49. The van der Waals surface area contributed by atoms with Crippen molar-refractivity contribution in [2.24, 2.45) is 0 Å². The predicted octanol–water partition coefficient (Wildman–Crippen LogP) is 2.16. The molecule has 132 valence electrons. The van der Waals surface area contributed by atoms with Gasteiger partial charge in [0, 0.05) is 18.4 Å². The third-order valence-corrected chi connectivity index (χ3v) is 4.93. The number of carbonyl (C=O) groups is 1. The van der Waals surface area contributed by atoms with Gasteiger partial charge in [-0.1, -0.05) is 18.2 Å². The van der Waals surface area contributed by atoms with Crippen LogP contribution in [0.15, 0.2) is 47.7 Å². The second-order valence-electron chi connectivity index (χ2n) is 6.67. The highest BCUT2D eigenvalue weighted by Crippen LogP contribution is 2.20. The lowest BCUT2D eigenvalue weighted by molar-refractivity contribution is -0.124. The Bertz CT molecular complexity index is 1040. The molecule has 3 aromatic rings. The first-order valence-corrected chi connectivity index (χ1v) is 8.84. The smallest absolute Gasteiger partial charge is 0.261 e. The van der Waals surface area contributed by atoms with Gasteiger partial charge in [0.2, 0.25) is 5.91 Å². The van der Waals surface area contributed by atoms with E-state index in [1.807, 2.05) is 12.3 Å². The van der Waals surface area contributed by atoms with E-state index in [2.05, 4.69) is 21.4 Å². The number of aryl methyl sites for hydroxylation is 2. The van der Waals surface area contributed by atoms with E-state index in [-0.39, 0.29) is 11.5 Å². The van der Waals surface area contributed by atoms with Crippen LogP contribution < -0.4 is 10.9 Å². The number of nitrogens with one attached hydrogen (secondary N) is 1. The Morgan fingerprint density at radius 2 is 2.12 bits per heavy atom. The van der Waals surface area contributed by atoms with Crippen LogP contribution in [0.2, 0.25) is 0 Å². The Balaban J connectivity index is 1.50. The van der Waals surface area contributed by atoms with Crippen LogP contribution in [0.25, 0.3) is 10.9 Å². The number of benzene rings is 1. The van der Waals surface area contributed by atoms with Gasteiger partial charge in [0.05, 0.1) is 17.2 Å². The summed E-state index contributed by atoms with van der Waals surface area (Å²) in [4.78, 5) is 33.9. The lowest BCUT2D eigenvalue weighted by atomic mass is 10.1. The molecule has 1 amide bonds. The number of rotatable bonds is 4. The lowest BCUT2D eigenvalue weighted by Crippen LogP contribution is -2.35. The molecule has 1 aliphatic carbocycles. The minimum atomic E-state index is -0.637. The molecular weight excluding hydrogens is 328 g/mol. The standard InChI is InChI=1S/C20H20N4O2/c1-13(24-12-23-18-7-3-2-6-16(18)20(24)26)19(25)22-11-14-9-15-5-4-8-17(15)21-10-14/h2-3,6-7,9-10,12-13H,4-5,8,11H2,1H3,(H,22,25)/t13-/m0/s1. The molecule has 0 fully saturated rings. The third kappa shape index (κ3) is 2.98. The van der Waals surface area contributed by atoms with E-state index in [1.165, 1.54) is 22.2 Å². The number of pyridine rings is 1. The number of aromatic nitrogens is 3. The Morgan fingerprint density at radius 1 is 1.27 bits per heavy atom. The number of nitrogens with zero attached hydrogens (tertiary/aromatic N) is 3. The maximum atomic E-state index is 12.6. The highest BCUT2D eigenvalue weighted by molar-refractivity contribution is 5.81. The number of hydrogen-bond donors (Lipinski definition) is 1. The van der Waals surface area contributed by atoms with E-state index >= 15 is 0 Å². The van der Waals surface area contributed by atoms with Gasteiger partial charge in [0.1, 0.15) is 6.04 Å². The summed E-state index contributed by atoms with van der Waals surface area (Å²) in [5.41, 5.74) is 3.85. The largest absolute Gasteiger partial charge is 0.350 e. The molecular formula is C20H20N4O2. The molecule has 0 spiro atoms. The Hall–Kier alpha value is -3.02. The molecule has 0 saturated carbocycles. The van der Waals surface area contributed by atoms with E-state index < -0.39 is 6.04 Å². The zero-order chi connectivity index (χ0) is 18.1. The van der Waals surface area contributed by atoms with Gasteiger partial charge in [0.15, 0.2) is 0 Å². The number of fused-ring (bicyclic) bond motifs is 2. The summed E-state index contributed by atoms with van der Waals surface area (Å²) < 4.78 is 1.37. The van der Waals surface area contributed by atoms with Crippen LogP contribution in [0.5, 0.6) is 0 Å². The molecule has 4 rings (SSSR count). The van der Waals surface area contributed by atoms with Crippen LogP contribution in [-0.4, -0.2) is 20.4 Å². The fourth-order valence-corrected chi connectivity index (χ4v) is 3.39. The van der Waals surface area contributed by atoms with Crippen molar-refractivity contribution in [1.82, 2.24) is 19.9 Å². The number of amides is 1. The van der Waals surface area contributed by atoms with Crippen LogP contribution in [0, 0.1) is 0 Å². The summed E-state index contributed by atoms with van der Waals surface area (Å²) in [5, 5.41) is 3.41. The van der Waals surface area contributed by atoms with Gasteiger partial charge in [0.25, 0.3) is 5.56 Å². The van der Waals surface area contributed by atoms with E-state index in [0.717, 1.165) is 24.8 Å². The molecule has 2 aromatic heterocycles. The second-order valence-corrected chi connectivity index (χ2v) is 6.67. The average molecular weight is 348 g/mol. The van der Waals surface area contributed by atoms with Crippen molar-refractivity contribution < 1.29 is 4.79 Å². The molecule has 0 saturated heterocycles. The number of carbonyl (C=O) groups excluding carboxylic acids is 1. The zero-order valence-corrected chi connectivity index (χ0v) is 14.6. The molecule has 0 bridgehead atoms.